The minimum Gasteiger partial charge on any atom is -0.0988 e. The van der Waals surface area contributed by atoms with Crippen molar-refractivity contribution in [3.63, 3.8) is 0 Å². The van der Waals surface area contributed by atoms with Gasteiger partial charge in [0.25, 0.3) is 0 Å². The van der Waals surface area contributed by atoms with Crippen LogP contribution in [0, 0.1) is 0 Å². The van der Waals surface area contributed by atoms with Gasteiger partial charge in [-0.3, -0.25) is 0 Å². The molecule has 0 rings (SSSR count). The summed E-state index contributed by atoms with van der Waals surface area (Å²) in [6, 6.07) is 0. The van der Waals surface area contributed by atoms with Crippen molar-refractivity contribution in [2.24, 2.45) is 0 Å². The van der Waals surface area contributed by atoms with Crippen molar-refractivity contribution < 1.29 is 0 Å². The fraction of sp³-hybridized carbons (Fsp3) is 0.600. The maximum absolute atomic E-state index is 4.81. The summed E-state index contributed by atoms with van der Waals surface area (Å²) >= 11 is 14.4. The maximum atomic E-state index is 4.81. The predicted molar refractivity (Wildman–Crippen MR) is 100 cm³/mol. The topological polar surface area (TPSA) is 0 Å². The van der Waals surface area contributed by atoms with Gasteiger partial charge in [0.1, 0.15) is 0 Å². The lowest BCUT2D eigenvalue weighted by Gasteiger charge is -1.71. The average molecular weight is 376 g/mol. The van der Waals surface area contributed by atoms with E-state index in [0.29, 0.717) is 0 Å². The van der Waals surface area contributed by atoms with Gasteiger partial charge in [-0.25, -0.2) is 0 Å². The Kier molecular flexibility index (Phi) is 48.9. The molecule has 0 aromatic carbocycles. The normalized spacial score (nSPS) is 7.59. The second-order valence-electron chi connectivity index (χ2n) is 1.96. The van der Waals surface area contributed by atoms with Crippen LogP contribution in [-0.2, 0) is 0 Å². The summed E-state index contributed by atoms with van der Waals surface area (Å²) in [4.78, 5) is 0. The summed E-state index contributed by atoms with van der Waals surface area (Å²) in [5.41, 5.74) is 1.02. The largest absolute Gasteiger partial charge is 0.180 e. The highest BCUT2D eigenvalue weighted by Gasteiger charge is 1.78. The quantitative estimate of drug-likeness (QED) is 0.296. The van der Waals surface area contributed by atoms with Gasteiger partial charge < -0.3 is 0 Å². The van der Waals surface area contributed by atoms with Crippen LogP contribution in [0.25, 0.3) is 0 Å². The Hall–Kier alpha value is 1.75. The average Bonchev–Trinajstić information content (AvgIpc) is 2.29. The molecule has 7 heteroatoms. The summed E-state index contributed by atoms with van der Waals surface area (Å²) in [6.45, 7) is 8.93. The standard InChI is InChI=1S/C5H8.2C2H6S2.CHCl3/c1-4-5(2)3;2*1-3-4-2;2-1(3)4/h4H,1-2H2,3H3;2*1-2H3;1H. The first-order valence-electron chi connectivity index (χ1n) is 4.17. The van der Waals surface area contributed by atoms with Crippen molar-refractivity contribution in [2.75, 3.05) is 25.0 Å². The number of alkyl halides is 3. The summed E-state index contributed by atoms with van der Waals surface area (Å²) < 4.78 is -0.750. The van der Waals surface area contributed by atoms with Crippen molar-refractivity contribution in [1.29, 1.82) is 0 Å². The van der Waals surface area contributed by atoms with E-state index in [1.807, 2.05) is 6.92 Å². The number of rotatable bonds is 3. The molecular formula is C10H21Cl3S4. The minimum absolute atomic E-state index is 0.750. The first-order valence-corrected chi connectivity index (χ1v) is 11.4. The van der Waals surface area contributed by atoms with Crippen molar-refractivity contribution >= 4 is 78.0 Å². The molecule has 0 nitrogen and oxygen atoms in total. The highest BCUT2D eigenvalue weighted by Crippen LogP contribution is 2.09. The van der Waals surface area contributed by atoms with Crippen LogP contribution in [0.2, 0.25) is 0 Å². The zero-order chi connectivity index (χ0) is 14.7. The SMILES string of the molecule is C=CC(=C)C.CSSC.CSSC.ClC(Cl)Cl. The Balaban J connectivity index is -0.0000000667. The zero-order valence-electron chi connectivity index (χ0n) is 10.8. The predicted octanol–water partition coefficient (Wildman–Crippen LogP) is 6.99. The van der Waals surface area contributed by atoms with Crippen molar-refractivity contribution in [3.8, 4) is 0 Å². The van der Waals surface area contributed by atoms with Crippen LogP contribution in [0.3, 0.4) is 0 Å². The smallest absolute Gasteiger partial charge is 0.0988 e. The van der Waals surface area contributed by atoms with Crippen LogP contribution in [0.1, 0.15) is 6.92 Å². The van der Waals surface area contributed by atoms with Crippen molar-refractivity contribution in [2.45, 2.75) is 11.2 Å². The molecule has 0 heterocycles. The summed E-state index contributed by atoms with van der Waals surface area (Å²) in [6.07, 6.45) is 9.96. The molecule has 106 valence electrons. The molecule has 0 unspecified atom stereocenters. The molecule has 0 aromatic heterocycles. The second-order valence-corrected chi connectivity index (χ2v) is 9.28. The van der Waals surface area contributed by atoms with Gasteiger partial charge in [0.05, 0.1) is 0 Å². The number of halogens is 3. The molecule has 0 saturated heterocycles. The molecule has 0 amide bonds. The number of hydrogen-bond acceptors (Lipinski definition) is 4. The lowest BCUT2D eigenvalue weighted by atomic mass is 10.4. The molecule has 0 aromatic rings. The fourth-order valence-electron chi connectivity index (χ4n) is 0. The van der Waals surface area contributed by atoms with Gasteiger partial charge in [-0.2, -0.15) is 0 Å². The van der Waals surface area contributed by atoms with E-state index in [4.69, 9.17) is 34.8 Å². The third-order valence-electron chi connectivity index (χ3n) is 0.682. The molecule has 0 aliphatic rings. The highest BCUT2D eigenvalue weighted by molar-refractivity contribution is 8.76. The molecule has 0 radical (unpaired) electrons. The highest BCUT2D eigenvalue weighted by atomic mass is 35.6. The first-order chi connectivity index (χ1) is 7.83. The molecule has 0 saturated carbocycles. The molecule has 0 fully saturated rings. The fourth-order valence-corrected chi connectivity index (χ4v) is 0. The Morgan fingerprint density at radius 1 is 0.941 bits per heavy atom. The van der Waals surface area contributed by atoms with Gasteiger partial charge in [0, 0.05) is 0 Å². The van der Waals surface area contributed by atoms with E-state index in [0.717, 1.165) is 5.57 Å². The molecule has 0 N–H and O–H groups in total. The molecule has 0 spiro atoms. The Morgan fingerprint density at radius 2 is 1.06 bits per heavy atom. The molecule has 0 aliphatic carbocycles. The van der Waals surface area contributed by atoms with Crippen molar-refractivity contribution in [3.05, 3.63) is 24.8 Å². The lowest BCUT2D eigenvalue weighted by Crippen LogP contribution is -1.55. The third kappa shape index (κ3) is 133. The lowest BCUT2D eigenvalue weighted by molar-refractivity contribution is 1.58. The minimum atomic E-state index is -0.750. The van der Waals surface area contributed by atoms with Gasteiger partial charge in [0.15, 0.2) is 4.30 Å². The molecule has 0 bridgehead atoms. The summed E-state index contributed by atoms with van der Waals surface area (Å²) in [5.74, 6) is 0. The van der Waals surface area contributed by atoms with Gasteiger partial charge in [0.2, 0.25) is 0 Å². The first kappa shape index (κ1) is 27.2. The van der Waals surface area contributed by atoms with Crippen LogP contribution in [0.4, 0.5) is 0 Å². The number of hydrogen-bond donors (Lipinski definition) is 0. The van der Waals surface area contributed by atoms with E-state index in [2.05, 4.69) is 38.2 Å². The van der Waals surface area contributed by atoms with Gasteiger partial charge in [-0.05, 0) is 31.9 Å². The molecule has 0 atom stereocenters. The van der Waals surface area contributed by atoms with E-state index >= 15 is 0 Å². The molecular weight excluding hydrogens is 355 g/mol. The second kappa shape index (κ2) is 30.6. The van der Waals surface area contributed by atoms with E-state index in [9.17, 15) is 0 Å². The van der Waals surface area contributed by atoms with Crippen LogP contribution in [0.15, 0.2) is 24.8 Å². The Morgan fingerprint density at radius 3 is 1.06 bits per heavy atom. The van der Waals surface area contributed by atoms with Crippen LogP contribution >= 0.6 is 78.0 Å². The van der Waals surface area contributed by atoms with E-state index in [1.165, 1.54) is 0 Å². The zero-order valence-corrected chi connectivity index (χ0v) is 16.4. The Bertz CT molecular complexity index is 133. The third-order valence-corrected chi connectivity index (χ3v) is 3.35. The Labute approximate surface area is 138 Å². The van der Waals surface area contributed by atoms with E-state index in [1.54, 1.807) is 49.3 Å². The van der Waals surface area contributed by atoms with E-state index < -0.39 is 4.30 Å². The van der Waals surface area contributed by atoms with Gasteiger partial charge in [-0.15, -0.1) is 0 Å². The number of allylic oxidation sites excluding steroid dienone is 2. The molecule has 0 aliphatic heterocycles. The maximum Gasteiger partial charge on any atom is 0.180 e. The van der Waals surface area contributed by atoms with Gasteiger partial charge in [-0.1, -0.05) is 103 Å². The monoisotopic (exact) mass is 374 g/mol. The molecule has 17 heavy (non-hydrogen) atoms. The van der Waals surface area contributed by atoms with Crippen molar-refractivity contribution in [1.82, 2.24) is 0 Å². The van der Waals surface area contributed by atoms with E-state index in [-0.39, 0.29) is 0 Å². The summed E-state index contributed by atoms with van der Waals surface area (Å²) in [7, 11) is 7.09. The summed E-state index contributed by atoms with van der Waals surface area (Å²) in [5, 5.41) is 0. The van der Waals surface area contributed by atoms with Crippen LogP contribution in [-0.4, -0.2) is 29.3 Å². The van der Waals surface area contributed by atoms with Crippen LogP contribution in [0.5, 0.6) is 0 Å². The van der Waals surface area contributed by atoms with Gasteiger partial charge >= 0.3 is 0 Å². The van der Waals surface area contributed by atoms with Crippen LogP contribution < -0.4 is 0 Å².